The van der Waals surface area contributed by atoms with E-state index in [0.29, 0.717) is 23.2 Å². The van der Waals surface area contributed by atoms with Gasteiger partial charge in [-0.2, -0.15) is 8.78 Å². The molecule has 0 bridgehead atoms. The molecule has 2 aromatic carbocycles. The van der Waals surface area contributed by atoms with Gasteiger partial charge < -0.3 is 5.32 Å². The Morgan fingerprint density at radius 3 is 2.42 bits per heavy atom. The van der Waals surface area contributed by atoms with Gasteiger partial charge in [-0.1, -0.05) is 53.7 Å². The first-order chi connectivity index (χ1) is 9.15. The van der Waals surface area contributed by atoms with Crippen LogP contribution in [0.2, 0.25) is 0 Å². The van der Waals surface area contributed by atoms with Crippen LogP contribution in [0.5, 0.6) is 0 Å². The predicted molar refractivity (Wildman–Crippen MR) is 76.8 cm³/mol. The smallest absolute Gasteiger partial charge is 0.288 e. The number of hydrogen-bond acceptors (Lipinski definition) is 2. The summed E-state index contributed by atoms with van der Waals surface area (Å²) in [5.74, 6) is -2.40. The molecule has 0 heterocycles. The van der Waals surface area contributed by atoms with E-state index in [1.807, 2.05) is 43.3 Å². The fourth-order valence-corrected chi connectivity index (χ4v) is 2.33. The molecule has 0 radical (unpaired) electrons. The van der Waals surface area contributed by atoms with E-state index >= 15 is 0 Å². The van der Waals surface area contributed by atoms with Gasteiger partial charge in [-0.3, -0.25) is 0 Å². The number of anilines is 1. The fourth-order valence-electron chi connectivity index (χ4n) is 1.71. The number of para-hydroxylation sites is 1. The lowest BCUT2D eigenvalue weighted by Gasteiger charge is -2.11. The molecule has 100 valence electrons. The van der Waals surface area contributed by atoms with Crippen LogP contribution in [-0.4, -0.2) is 5.76 Å². The van der Waals surface area contributed by atoms with Gasteiger partial charge in [-0.05, 0) is 24.6 Å². The maximum atomic E-state index is 12.4. The molecule has 0 saturated carbocycles. The maximum Gasteiger partial charge on any atom is 0.288 e. The van der Waals surface area contributed by atoms with E-state index in [4.69, 9.17) is 0 Å². The fraction of sp³-hybridized carbons (Fsp3) is 0.200. The predicted octanol–water partition coefficient (Wildman–Crippen LogP) is 4.92. The van der Waals surface area contributed by atoms with Crippen molar-refractivity contribution in [2.75, 3.05) is 5.32 Å². The SMILES string of the molecule is Cc1ccc(CNc2ccccc2SC(F)F)cc1. The molecule has 0 aliphatic carbocycles. The van der Waals surface area contributed by atoms with Crippen LogP contribution in [0.15, 0.2) is 53.4 Å². The third kappa shape index (κ3) is 4.24. The molecule has 2 rings (SSSR count). The summed E-state index contributed by atoms with van der Waals surface area (Å²) in [5, 5.41) is 3.20. The highest BCUT2D eigenvalue weighted by Gasteiger charge is 2.09. The summed E-state index contributed by atoms with van der Waals surface area (Å²) in [5.41, 5.74) is 3.08. The Morgan fingerprint density at radius 1 is 1.05 bits per heavy atom. The molecule has 4 heteroatoms. The molecule has 2 aromatic rings. The van der Waals surface area contributed by atoms with Crippen molar-refractivity contribution in [3.8, 4) is 0 Å². The topological polar surface area (TPSA) is 12.0 Å². The van der Waals surface area contributed by atoms with Gasteiger partial charge in [-0.25, -0.2) is 0 Å². The second kappa shape index (κ2) is 6.57. The Morgan fingerprint density at radius 2 is 1.74 bits per heavy atom. The lowest BCUT2D eigenvalue weighted by atomic mass is 10.1. The van der Waals surface area contributed by atoms with Crippen molar-refractivity contribution in [3.05, 3.63) is 59.7 Å². The standard InChI is InChI=1S/C15H15F2NS/c1-11-6-8-12(9-7-11)10-18-13-4-2-3-5-14(13)19-15(16)17/h2-9,15,18H,10H2,1H3. The molecule has 1 nitrogen and oxygen atoms in total. The van der Waals surface area contributed by atoms with E-state index in [2.05, 4.69) is 5.32 Å². The summed E-state index contributed by atoms with van der Waals surface area (Å²) in [6.45, 7) is 2.66. The average Bonchev–Trinajstić information content (AvgIpc) is 2.39. The summed E-state index contributed by atoms with van der Waals surface area (Å²) >= 11 is 0.567. The first-order valence-electron chi connectivity index (χ1n) is 5.98. The molecule has 0 amide bonds. The van der Waals surface area contributed by atoms with Crippen LogP contribution < -0.4 is 5.32 Å². The molecule has 0 spiro atoms. The number of nitrogens with one attached hydrogen (secondary N) is 1. The zero-order valence-corrected chi connectivity index (χ0v) is 11.4. The highest BCUT2D eigenvalue weighted by Crippen LogP contribution is 2.31. The quantitative estimate of drug-likeness (QED) is 0.779. The molecule has 19 heavy (non-hydrogen) atoms. The van der Waals surface area contributed by atoms with Crippen LogP contribution in [0.4, 0.5) is 14.5 Å². The first-order valence-corrected chi connectivity index (χ1v) is 6.86. The number of benzene rings is 2. The van der Waals surface area contributed by atoms with E-state index in [1.54, 1.807) is 12.1 Å². The lowest BCUT2D eigenvalue weighted by Crippen LogP contribution is -2.01. The van der Waals surface area contributed by atoms with E-state index in [1.165, 1.54) is 5.56 Å². The second-order valence-corrected chi connectivity index (χ2v) is 5.25. The number of thioether (sulfide) groups is 1. The Kier molecular flexibility index (Phi) is 4.80. The third-order valence-electron chi connectivity index (χ3n) is 2.71. The van der Waals surface area contributed by atoms with E-state index < -0.39 is 5.76 Å². The van der Waals surface area contributed by atoms with Gasteiger partial charge in [0, 0.05) is 17.1 Å². The van der Waals surface area contributed by atoms with Gasteiger partial charge in [-0.15, -0.1) is 0 Å². The molecule has 0 saturated heterocycles. The monoisotopic (exact) mass is 279 g/mol. The van der Waals surface area contributed by atoms with Crippen LogP contribution >= 0.6 is 11.8 Å². The highest BCUT2D eigenvalue weighted by molar-refractivity contribution is 7.99. The number of rotatable bonds is 5. The molecule has 0 atom stereocenters. The minimum atomic E-state index is -2.40. The first kappa shape index (κ1) is 13.9. The zero-order chi connectivity index (χ0) is 13.7. The van der Waals surface area contributed by atoms with Gasteiger partial charge >= 0.3 is 0 Å². The average molecular weight is 279 g/mol. The molecule has 0 fully saturated rings. The van der Waals surface area contributed by atoms with Crippen LogP contribution in [0.25, 0.3) is 0 Å². The molecular formula is C15H15F2NS. The summed E-state index contributed by atoms with van der Waals surface area (Å²) < 4.78 is 24.9. The van der Waals surface area contributed by atoms with E-state index in [9.17, 15) is 8.78 Å². The third-order valence-corrected chi connectivity index (χ3v) is 3.49. The van der Waals surface area contributed by atoms with Crippen LogP contribution in [0, 0.1) is 6.92 Å². The van der Waals surface area contributed by atoms with Gasteiger partial charge in [0.05, 0.1) is 0 Å². The lowest BCUT2D eigenvalue weighted by molar-refractivity contribution is 0.252. The Balaban J connectivity index is 2.04. The van der Waals surface area contributed by atoms with E-state index in [0.717, 1.165) is 11.3 Å². The van der Waals surface area contributed by atoms with E-state index in [-0.39, 0.29) is 0 Å². The molecule has 0 aliphatic heterocycles. The highest BCUT2D eigenvalue weighted by atomic mass is 32.2. The van der Waals surface area contributed by atoms with Crippen LogP contribution in [0.3, 0.4) is 0 Å². The van der Waals surface area contributed by atoms with Gasteiger partial charge in [0.1, 0.15) is 0 Å². The molecule has 1 N–H and O–H groups in total. The summed E-state index contributed by atoms with van der Waals surface area (Å²) in [6, 6.07) is 15.3. The van der Waals surface area contributed by atoms with Crippen molar-refractivity contribution in [2.24, 2.45) is 0 Å². The molecule has 0 unspecified atom stereocenters. The number of hydrogen-bond donors (Lipinski definition) is 1. The zero-order valence-electron chi connectivity index (χ0n) is 10.6. The van der Waals surface area contributed by atoms with Crippen LogP contribution in [-0.2, 0) is 6.54 Å². The van der Waals surface area contributed by atoms with Crippen molar-refractivity contribution in [2.45, 2.75) is 24.1 Å². The van der Waals surface area contributed by atoms with Crippen LogP contribution in [0.1, 0.15) is 11.1 Å². The Bertz CT molecular complexity index is 526. The Hall–Kier alpha value is -1.55. The van der Waals surface area contributed by atoms with Crippen molar-refractivity contribution in [1.82, 2.24) is 0 Å². The Labute approximate surface area is 116 Å². The summed E-state index contributed by atoms with van der Waals surface area (Å²) in [7, 11) is 0. The normalized spacial score (nSPS) is 10.7. The molecule has 0 aliphatic rings. The summed E-state index contributed by atoms with van der Waals surface area (Å²) in [6.07, 6.45) is 0. The number of aryl methyl sites for hydroxylation is 1. The second-order valence-electron chi connectivity index (χ2n) is 4.21. The number of halogens is 2. The number of alkyl halides is 2. The van der Waals surface area contributed by atoms with Gasteiger partial charge in [0.25, 0.3) is 5.76 Å². The molecule has 0 aromatic heterocycles. The van der Waals surface area contributed by atoms with Gasteiger partial charge in [0.15, 0.2) is 0 Å². The molecular weight excluding hydrogens is 264 g/mol. The van der Waals surface area contributed by atoms with Crippen molar-refractivity contribution < 1.29 is 8.78 Å². The maximum absolute atomic E-state index is 12.4. The largest absolute Gasteiger partial charge is 0.380 e. The van der Waals surface area contributed by atoms with Crippen molar-refractivity contribution >= 4 is 17.4 Å². The van der Waals surface area contributed by atoms with Gasteiger partial charge in [0.2, 0.25) is 0 Å². The minimum Gasteiger partial charge on any atom is -0.380 e. The minimum absolute atomic E-state index is 0.567. The van der Waals surface area contributed by atoms with Crippen molar-refractivity contribution in [3.63, 3.8) is 0 Å². The summed E-state index contributed by atoms with van der Waals surface area (Å²) in [4.78, 5) is 0.574. The van der Waals surface area contributed by atoms with Crippen molar-refractivity contribution in [1.29, 1.82) is 0 Å².